The molecule has 3 aromatic rings. The van der Waals surface area contributed by atoms with Crippen LogP contribution >= 0.6 is 11.3 Å². The summed E-state index contributed by atoms with van der Waals surface area (Å²) in [4.78, 5) is 20.6. The Hall–Kier alpha value is -2.51. The Bertz CT molecular complexity index is 944. The van der Waals surface area contributed by atoms with Crippen LogP contribution in [-0.2, 0) is 11.3 Å². The highest BCUT2D eigenvalue weighted by Gasteiger charge is 2.27. The number of carbonyl (C=O) groups is 1. The first-order valence-electron chi connectivity index (χ1n) is 10.6. The van der Waals surface area contributed by atoms with E-state index in [4.69, 9.17) is 4.52 Å². The summed E-state index contributed by atoms with van der Waals surface area (Å²) in [5.41, 5.74) is 2.41. The van der Waals surface area contributed by atoms with Gasteiger partial charge in [-0.1, -0.05) is 48.0 Å². The lowest BCUT2D eigenvalue weighted by atomic mass is 9.94. The molecule has 0 radical (unpaired) electrons. The lowest BCUT2D eigenvalue weighted by Gasteiger charge is -2.31. The monoisotopic (exact) mass is 424 g/mol. The van der Waals surface area contributed by atoms with E-state index in [2.05, 4.69) is 58.5 Å². The van der Waals surface area contributed by atoms with E-state index in [1.165, 1.54) is 11.1 Å². The molecule has 0 spiro atoms. The van der Waals surface area contributed by atoms with E-state index in [1.54, 1.807) is 11.3 Å². The number of benzene rings is 1. The smallest absolute Gasteiger partial charge is 0.241 e. The summed E-state index contributed by atoms with van der Waals surface area (Å²) < 4.78 is 5.41. The van der Waals surface area contributed by atoms with Crippen molar-refractivity contribution in [3.63, 3.8) is 0 Å². The molecular formula is C23H28N4O2S. The van der Waals surface area contributed by atoms with E-state index in [-0.39, 0.29) is 17.9 Å². The molecule has 0 bridgehead atoms. The van der Waals surface area contributed by atoms with Crippen molar-refractivity contribution in [3.05, 3.63) is 58.8 Å². The normalized spacial score (nSPS) is 16.5. The van der Waals surface area contributed by atoms with Crippen molar-refractivity contribution in [3.8, 4) is 10.7 Å². The van der Waals surface area contributed by atoms with Crippen LogP contribution in [0, 0.1) is 12.8 Å². The van der Waals surface area contributed by atoms with Gasteiger partial charge in [-0.15, -0.1) is 11.3 Å². The third-order valence-electron chi connectivity index (χ3n) is 5.73. The average Bonchev–Trinajstić information content (AvgIpc) is 3.45. The number of aryl methyl sites for hydroxylation is 1. The molecule has 1 saturated heterocycles. The maximum absolute atomic E-state index is 12.8. The van der Waals surface area contributed by atoms with Crippen LogP contribution < -0.4 is 5.32 Å². The van der Waals surface area contributed by atoms with E-state index < -0.39 is 0 Å². The maximum Gasteiger partial charge on any atom is 0.241 e. The van der Waals surface area contributed by atoms with E-state index in [0.29, 0.717) is 18.3 Å². The van der Waals surface area contributed by atoms with Crippen molar-refractivity contribution in [1.82, 2.24) is 20.4 Å². The third-order valence-corrected chi connectivity index (χ3v) is 6.60. The number of aromatic nitrogens is 2. The van der Waals surface area contributed by atoms with Gasteiger partial charge in [0.15, 0.2) is 0 Å². The Morgan fingerprint density at radius 3 is 2.70 bits per heavy atom. The van der Waals surface area contributed by atoms with Crippen molar-refractivity contribution in [1.29, 1.82) is 0 Å². The predicted octanol–water partition coefficient (Wildman–Crippen LogP) is 4.59. The van der Waals surface area contributed by atoms with Crippen molar-refractivity contribution >= 4 is 17.2 Å². The van der Waals surface area contributed by atoms with Gasteiger partial charge in [0.25, 0.3) is 0 Å². The molecule has 0 saturated carbocycles. The minimum Gasteiger partial charge on any atom is -0.349 e. The molecule has 3 heterocycles. The molecular weight excluding hydrogens is 396 g/mol. The van der Waals surface area contributed by atoms with Crippen LogP contribution in [-0.4, -0.2) is 34.0 Å². The number of amides is 1. The number of piperidine rings is 1. The van der Waals surface area contributed by atoms with Crippen LogP contribution in [0.3, 0.4) is 0 Å². The first kappa shape index (κ1) is 20.8. The number of rotatable bonds is 7. The fraction of sp³-hybridized carbons (Fsp3) is 0.435. The van der Waals surface area contributed by atoms with Gasteiger partial charge in [-0.2, -0.15) is 4.98 Å². The SMILES string of the molecule is CCC(NC(=O)C1CCN(Cc2nc(-c3cccs3)no2)CC1)c1ccc(C)cc1. The fourth-order valence-electron chi connectivity index (χ4n) is 3.88. The second-order valence-corrected chi connectivity index (χ2v) is 8.87. The summed E-state index contributed by atoms with van der Waals surface area (Å²) in [5.74, 6) is 1.51. The molecule has 1 fully saturated rings. The largest absolute Gasteiger partial charge is 0.349 e. The van der Waals surface area contributed by atoms with E-state index in [0.717, 1.165) is 37.2 Å². The van der Waals surface area contributed by atoms with Crippen LogP contribution in [0.15, 0.2) is 46.3 Å². The zero-order chi connectivity index (χ0) is 20.9. The fourth-order valence-corrected chi connectivity index (χ4v) is 4.53. The summed E-state index contributed by atoms with van der Waals surface area (Å²) in [6.07, 6.45) is 2.58. The lowest BCUT2D eigenvalue weighted by Crippen LogP contribution is -2.41. The Balaban J connectivity index is 1.27. The minimum atomic E-state index is 0.0603. The number of nitrogens with zero attached hydrogens (tertiary/aromatic N) is 3. The van der Waals surface area contributed by atoms with E-state index in [1.807, 2.05) is 17.5 Å². The molecule has 1 aliphatic heterocycles. The molecule has 1 amide bonds. The minimum absolute atomic E-state index is 0.0603. The number of hydrogen-bond donors (Lipinski definition) is 1. The average molecular weight is 425 g/mol. The standard InChI is InChI=1S/C23H28N4O2S/c1-3-19(17-8-6-16(2)7-9-17)24-23(28)18-10-12-27(13-11-18)15-21-25-22(26-29-21)20-5-4-14-30-20/h4-9,14,18-19H,3,10-13,15H2,1-2H3,(H,24,28). The molecule has 1 aromatic carbocycles. The highest BCUT2D eigenvalue weighted by Crippen LogP contribution is 2.24. The molecule has 2 aromatic heterocycles. The van der Waals surface area contributed by atoms with Gasteiger partial charge in [0.05, 0.1) is 17.5 Å². The van der Waals surface area contributed by atoms with Gasteiger partial charge in [-0.05, 0) is 56.3 Å². The summed E-state index contributed by atoms with van der Waals surface area (Å²) in [7, 11) is 0. The molecule has 7 heteroatoms. The van der Waals surface area contributed by atoms with Gasteiger partial charge in [0, 0.05) is 5.92 Å². The van der Waals surface area contributed by atoms with Gasteiger partial charge < -0.3 is 9.84 Å². The van der Waals surface area contributed by atoms with Crippen LogP contribution in [0.4, 0.5) is 0 Å². The maximum atomic E-state index is 12.8. The summed E-state index contributed by atoms with van der Waals surface area (Å²) in [5, 5.41) is 9.34. The summed E-state index contributed by atoms with van der Waals surface area (Å²) in [6, 6.07) is 12.5. The number of hydrogen-bond acceptors (Lipinski definition) is 6. The topological polar surface area (TPSA) is 71.3 Å². The predicted molar refractivity (Wildman–Crippen MR) is 118 cm³/mol. The number of carbonyl (C=O) groups excluding carboxylic acids is 1. The van der Waals surface area contributed by atoms with E-state index >= 15 is 0 Å². The van der Waals surface area contributed by atoms with Crippen LogP contribution in [0.5, 0.6) is 0 Å². The highest BCUT2D eigenvalue weighted by molar-refractivity contribution is 7.13. The Morgan fingerprint density at radius 2 is 2.03 bits per heavy atom. The first-order chi connectivity index (χ1) is 14.6. The van der Waals surface area contributed by atoms with Crippen LogP contribution in [0.1, 0.15) is 49.2 Å². The van der Waals surface area contributed by atoms with Gasteiger partial charge in [0.1, 0.15) is 0 Å². The Morgan fingerprint density at radius 1 is 1.27 bits per heavy atom. The second-order valence-electron chi connectivity index (χ2n) is 7.92. The zero-order valence-corrected chi connectivity index (χ0v) is 18.3. The van der Waals surface area contributed by atoms with Gasteiger partial charge in [0.2, 0.25) is 17.6 Å². The van der Waals surface area contributed by atoms with Crippen LogP contribution in [0.25, 0.3) is 10.7 Å². The van der Waals surface area contributed by atoms with E-state index in [9.17, 15) is 4.79 Å². The van der Waals surface area contributed by atoms with Crippen molar-refractivity contribution in [2.24, 2.45) is 5.92 Å². The summed E-state index contributed by atoms with van der Waals surface area (Å²) in [6.45, 7) is 6.54. The highest BCUT2D eigenvalue weighted by atomic mass is 32.1. The van der Waals surface area contributed by atoms with Gasteiger partial charge in [-0.25, -0.2) is 0 Å². The van der Waals surface area contributed by atoms with Crippen molar-refractivity contribution < 1.29 is 9.32 Å². The molecule has 1 aliphatic rings. The second kappa shape index (κ2) is 9.53. The van der Waals surface area contributed by atoms with Crippen molar-refractivity contribution in [2.75, 3.05) is 13.1 Å². The van der Waals surface area contributed by atoms with Crippen molar-refractivity contribution in [2.45, 2.75) is 45.7 Å². The molecule has 30 heavy (non-hydrogen) atoms. The number of thiophene rings is 1. The number of nitrogens with one attached hydrogen (secondary N) is 1. The molecule has 0 aliphatic carbocycles. The molecule has 6 nitrogen and oxygen atoms in total. The molecule has 4 rings (SSSR count). The first-order valence-corrected chi connectivity index (χ1v) is 11.5. The molecule has 158 valence electrons. The molecule has 1 N–H and O–H groups in total. The van der Waals surface area contributed by atoms with Crippen LogP contribution in [0.2, 0.25) is 0 Å². The lowest BCUT2D eigenvalue weighted by molar-refractivity contribution is -0.127. The van der Waals surface area contributed by atoms with Gasteiger partial charge >= 0.3 is 0 Å². The Labute approximate surface area is 181 Å². The van der Waals surface area contributed by atoms with Gasteiger partial charge in [-0.3, -0.25) is 9.69 Å². The third kappa shape index (κ3) is 4.96. The number of likely N-dealkylation sites (tertiary alicyclic amines) is 1. The Kier molecular flexibility index (Phi) is 6.59. The quantitative estimate of drug-likeness (QED) is 0.601. The molecule has 1 unspecified atom stereocenters. The summed E-state index contributed by atoms with van der Waals surface area (Å²) >= 11 is 1.60. The molecule has 1 atom stereocenters. The zero-order valence-electron chi connectivity index (χ0n) is 17.5.